The van der Waals surface area contributed by atoms with Crippen molar-refractivity contribution in [2.24, 2.45) is 5.92 Å². The molecule has 0 spiro atoms. The van der Waals surface area contributed by atoms with Gasteiger partial charge in [0.1, 0.15) is 6.04 Å². The lowest BCUT2D eigenvalue weighted by Gasteiger charge is -2.28. The number of benzene rings is 2. The van der Waals surface area contributed by atoms with Crippen molar-refractivity contribution in [3.63, 3.8) is 0 Å². The van der Waals surface area contributed by atoms with Crippen LogP contribution < -0.4 is 5.32 Å². The molecule has 2 aromatic carbocycles. The van der Waals surface area contributed by atoms with Crippen molar-refractivity contribution >= 4 is 29.3 Å². The van der Waals surface area contributed by atoms with Gasteiger partial charge in [-0.25, -0.2) is 0 Å². The van der Waals surface area contributed by atoms with Crippen molar-refractivity contribution in [1.82, 2.24) is 9.80 Å². The average molecular weight is 421 g/mol. The van der Waals surface area contributed by atoms with Gasteiger partial charge < -0.3 is 10.2 Å². The fourth-order valence-electron chi connectivity index (χ4n) is 3.78. The minimum absolute atomic E-state index is 0.0750. The summed E-state index contributed by atoms with van der Waals surface area (Å²) in [6.45, 7) is 8.65. The third-order valence-corrected chi connectivity index (χ3v) is 5.45. The van der Waals surface area contributed by atoms with Gasteiger partial charge in [0.25, 0.3) is 17.7 Å². The molecule has 162 valence electrons. The Balaban J connectivity index is 1.79. The first kappa shape index (κ1) is 22.2. The number of hydrogen-bond donors (Lipinski definition) is 1. The summed E-state index contributed by atoms with van der Waals surface area (Å²) in [5.41, 5.74) is 1.64. The van der Waals surface area contributed by atoms with E-state index in [-0.39, 0.29) is 11.8 Å². The van der Waals surface area contributed by atoms with Gasteiger partial charge in [0.15, 0.2) is 0 Å². The Morgan fingerprint density at radius 1 is 0.903 bits per heavy atom. The maximum absolute atomic E-state index is 13.1. The highest BCUT2D eigenvalue weighted by Gasteiger charge is 2.43. The van der Waals surface area contributed by atoms with Crippen LogP contribution in [0.25, 0.3) is 0 Å². The van der Waals surface area contributed by atoms with Crippen molar-refractivity contribution in [2.45, 2.75) is 33.7 Å². The van der Waals surface area contributed by atoms with Gasteiger partial charge in [-0.3, -0.25) is 24.1 Å². The Kier molecular flexibility index (Phi) is 6.53. The first-order chi connectivity index (χ1) is 14.8. The quantitative estimate of drug-likeness (QED) is 0.694. The molecule has 0 radical (unpaired) electrons. The Morgan fingerprint density at radius 3 is 1.87 bits per heavy atom. The van der Waals surface area contributed by atoms with Crippen LogP contribution in [0.5, 0.6) is 0 Å². The molecule has 1 heterocycles. The fraction of sp³-hybridized carbons (Fsp3) is 0.333. The second-order valence-corrected chi connectivity index (χ2v) is 7.76. The second kappa shape index (κ2) is 9.12. The maximum atomic E-state index is 13.1. The predicted octanol–water partition coefficient (Wildman–Crippen LogP) is 3.43. The molecule has 0 saturated heterocycles. The van der Waals surface area contributed by atoms with E-state index in [9.17, 15) is 19.2 Å². The smallest absolute Gasteiger partial charge is 0.262 e. The van der Waals surface area contributed by atoms with Crippen LogP contribution in [0.4, 0.5) is 5.69 Å². The van der Waals surface area contributed by atoms with E-state index in [0.29, 0.717) is 35.5 Å². The molecule has 4 amide bonds. The summed E-state index contributed by atoms with van der Waals surface area (Å²) in [7, 11) is 0. The number of carbonyl (C=O) groups excluding carboxylic acids is 4. The first-order valence-electron chi connectivity index (χ1n) is 10.5. The molecular formula is C24H27N3O4. The van der Waals surface area contributed by atoms with Crippen LogP contribution in [-0.2, 0) is 4.79 Å². The Labute approximate surface area is 182 Å². The molecule has 31 heavy (non-hydrogen) atoms. The van der Waals surface area contributed by atoms with Gasteiger partial charge in [0, 0.05) is 24.3 Å². The molecule has 1 N–H and O–H groups in total. The van der Waals surface area contributed by atoms with Gasteiger partial charge in [-0.05, 0) is 56.2 Å². The lowest BCUT2D eigenvalue weighted by Crippen LogP contribution is -2.50. The van der Waals surface area contributed by atoms with E-state index in [1.54, 1.807) is 67.3 Å². The number of nitrogens with zero attached hydrogens (tertiary/aromatic N) is 2. The second-order valence-electron chi connectivity index (χ2n) is 7.76. The molecule has 0 saturated carbocycles. The largest absolute Gasteiger partial charge is 0.339 e. The molecule has 0 unspecified atom stereocenters. The van der Waals surface area contributed by atoms with Crippen LogP contribution in [0.1, 0.15) is 58.8 Å². The number of amides is 4. The highest BCUT2D eigenvalue weighted by molar-refractivity contribution is 6.23. The molecule has 7 nitrogen and oxygen atoms in total. The summed E-state index contributed by atoms with van der Waals surface area (Å²) in [5.74, 6) is -1.74. The first-order valence-corrected chi connectivity index (χ1v) is 10.5. The van der Waals surface area contributed by atoms with Crippen LogP contribution in [-0.4, -0.2) is 52.6 Å². The van der Waals surface area contributed by atoms with Crippen LogP contribution in [0.15, 0.2) is 48.5 Å². The summed E-state index contributed by atoms with van der Waals surface area (Å²) < 4.78 is 0. The molecular weight excluding hydrogens is 394 g/mol. The molecule has 1 aliphatic heterocycles. The zero-order chi connectivity index (χ0) is 22.7. The monoisotopic (exact) mass is 421 g/mol. The molecule has 1 aliphatic rings. The Bertz CT molecular complexity index is 975. The van der Waals surface area contributed by atoms with Crippen LogP contribution in [0, 0.1) is 5.92 Å². The lowest BCUT2D eigenvalue weighted by molar-refractivity contribution is -0.121. The topological polar surface area (TPSA) is 86.8 Å². The minimum Gasteiger partial charge on any atom is -0.339 e. The van der Waals surface area contributed by atoms with E-state index < -0.39 is 23.8 Å². The molecule has 3 rings (SSSR count). The van der Waals surface area contributed by atoms with E-state index >= 15 is 0 Å². The van der Waals surface area contributed by atoms with Crippen LogP contribution >= 0.6 is 0 Å². The van der Waals surface area contributed by atoms with E-state index in [2.05, 4.69) is 5.32 Å². The molecule has 2 aromatic rings. The van der Waals surface area contributed by atoms with E-state index in [1.807, 2.05) is 13.8 Å². The van der Waals surface area contributed by atoms with Crippen LogP contribution in [0.2, 0.25) is 0 Å². The number of hydrogen-bond acceptors (Lipinski definition) is 4. The maximum Gasteiger partial charge on any atom is 0.262 e. The minimum atomic E-state index is -0.954. The number of nitrogens with one attached hydrogen (secondary N) is 1. The molecule has 0 aliphatic carbocycles. The van der Waals surface area contributed by atoms with E-state index in [1.165, 1.54) is 0 Å². The summed E-state index contributed by atoms with van der Waals surface area (Å²) in [6, 6.07) is 12.2. The zero-order valence-corrected chi connectivity index (χ0v) is 18.2. The van der Waals surface area contributed by atoms with Gasteiger partial charge in [0.2, 0.25) is 5.91 Å². The average Bonchev–Trinajstić information content (AvgIpc) is 3.00. The van der Waals surface area contributed by atoms with E-state index in [4.69, 9.17) is 0 Å². The fourth-order valence-corrected chi connectivity index (χ4v) is 3.78. The standard InChI is InChI=1S/C24H27N3O4/c1-5-26(6-2)22(29)16-11-13-17(14-12-16)25-21(28)20(15(3)4)27-23(30)18-9-7-8-10-19(18)24(27)31/h7-15,20H,5-6H2,1-4H3,(H,25,28)/t20-/m0/s1. The van der Waals surface area contributed by atoms with Crippen molar-refractivity contribution in [2.75, 3.05) is 18.4 Å². The summed E-state index contributed by atoms with van der Waals surface area (Å²) in [4.78, 5) is 53.9. The molecule has 0 bridgehead atoms. The lowest BCUT2D eigenvalue weighted by atomic mass is 10.0. The van der Waals surface area contributed by atoms with Gasteiger partial charge in [-0.1, -0.05) is 26.0 Å². The number of anilines is 1. The third kappa shape index (κ3) is 4.21. The van der Waals surface area contributed by atoms with Gasteiger partial charge in [-0.15, -0.1) is 0 Å². The normalized spacial score (nSPS) is 13.9. The van der Waals surface area contributed by atoms with Crippen LogP contribution in [0.3, 0.4) is 0 Å². The van der Waals surface area contributed by atoms with E-state index in [0.717, 1.165) is 4.90 Å². The molecule has 0 fully saturated rings. The number of imide groups is 1. The third-order valence-electron chi connectivity index (χ3n) is 5.45. The predicted molar refractivity (Wildman–Crippen MR) is 118 cm³/mol. The van der Waals surface area contributed by atoms with Gasteiger partial charge in [-0.2, -0.15) is 0 Å². The Morgan fingerprint density at radius 2 is 1.42 bits per heavy atom. The van der Waals surface area contributed by atoms with Crippen molar-refractivity contribution in [1.29, 1.82) is 0 Å². The SMILES string of the molecule is CCN(CC)C(=O)c1ccc(NC(=O)[C@H](C(C)C)N2C(=O)c3ccccc3C2=O)cc1. The number of rotatable bonds is 7. The van der Waals surface area contributed by atoms with Crippen molar-refractivity contribution < 1.29 is 19.2 Å². The summed E-state index contributed by atoms with van der Waals surface area (Å²) in [6.07, 6.45) is 0. The molecule has 1 atom stereocenters. The number of carbonyl (C=O) groups is 4. The van der Waals surface area contributed by atoms with Gasteiger partial charge in [0.05, 0.1) is 11.1 Å². The van der Waals surface area contributed by atoms with Crippen molar-refractivity contribution in [3.8, 4) is 0 Å². The molecule has 0 aromatic heterocycles. The highest BCUT2D eigenvalue weighted by Crippen LogP contribution is 2.28. The van der Waals surface area contributed by atoms with Gasteiger partial charge >= 0.3 is 0 Å². The number of fused-ring (bicyclic) bond motifs is 1. The summed E-state index contributed by atoms with van der Waals surface area (Å²) >= 11 is 0. The zero-order valence-electron chi connectivity index (χ0n) is 18.2. The highest BCUT2D eigenvalue weighted by atomic mass is 16.2. The Hall–Kier alpha value is -3.48. The summed E-state index contributed by atoms with van der Waals surface area (Å²) in [5, 5.41) is 2.78. The molecule has 7 heteroatoms. The van der Waals surface area contributed by atoms with Crippen molar-refractivity contribution in [3.05, 3.63) is 65.2 Å².